The molecule has 0 bridgehead atoms. The van der Waals surface area contributed by atoms with Crippen LogP contribution < -0.4 is 11.1 Å². The van der Waals surface area contributed by atoms with Gasteiger partial charge in [0.2, 0.25) is 11.8 Å². The Morgan fingerprint density at radius 1 is 1.24 bits per heavy atom. The number of nitrogens with one attached hydrogen (secondary N) is 1. The van der Waals surface area contributed by atoms with E-state index in [0.29, 0.717) is 13.1 Å². The predicted octanol–water partition coefficient (Wildman–Crippen LogP) is 2.96. The zero-order chi connectivity index (χ0) is 18.2. The van der Waals surface area contributed by atoms with E-state index in [1.807, 2.05) is 18.4 Å². The Hall–Kier alpha value is -1.69. The normalized spacial score (nSPS) is 16.2. The average Bonchev–Trinajstić information content (AvgIpc) is 2.63. The molecule has 1 aliphatic carbocycles. The maximum absolute atomic E-state index is 12.7. The second-order valence-corrected chi connectivity index (χ2v) is 7.57. The van der Waals surface area contributed by atoms with Gasteiger partial charge in [-0.05, 0) is 49.3 Å². The van der Waals surface area contributed by atoms with Crippen molar-refractivity contribution >= 4 is 29.3 Å². The van der Waals surface area contributed by atoms with E-state index < -0.39 is 11.8 Å². The number of primary amides is 1. The van der Waals surface area contributed by atoms with E-state index in [2.05, 4.69) is 17.4 Å². The van der Waals surface area contributed by atoms with Gasteiger partial charge in [-0.15, -0.1) is 11.8 Å². The van der Waals surface area contributed by atoms with Crippen LogP contribution >= 0.6 is 11.8 Å². The number of amides is 2. The molecule has 3 N–H and O–H groups in total. The van der Waals surface area contributed by atoms with Crippen LogP contribution in [-0.4, -0.2) is 43.1 Å². The Bertz CT molecular complexity index is 571. The molecule has 1 aliphatic rings. The Balaban J connectivity index is 1.85. The SMILES string of the molecule is CSc1ccc(NCCN(C)C(=O)C(C(N)=O)C2CCCCC2)cc1. The second kappa shape index (κ2) is 9.70. The van der Waals surface area contributed by atoms with Gasteiger partial charge in [-0.3, -0.25) is 9.59 Å². The third-order valence-corrected chi connectivity index (χ3v) is 5.68. The largest absolute Gasteiger partial charge is 0.383 e. The number of hydrogen-bond donors (Lipinski definition) is 2. The molecule has 1 saturated carbocycles. The van der Waals surface area contributed by atoms with Crippen molar-refractivity contribution in [2.45, 2.75) is 37.0 Å². The van der Waals surface area contributed by atoms with Gasteiger partial charge in [0, 0.05) is 30.7 Å². The van der Waals surface area contributed by atoms with Crippen LogP contribution in [0.4, 0.5) is 5.69 Å². The van der Waals surface area contributed by atoms with Crippen molar-refractivity contribution < 1.29 is 9.59 Å². The van der Waals surface area contributed by atoms with Crippen molar-refractivity contribution in [2.75, 3.05) is 31.7 Å². The molecule has 1 atom stereocenters. The quantitative estimate of drug-likeness (QED) is 0.550. The molecule has 2 rings (SSSR count). The first-order valence-corrected chi connectivity index (χ1v) is 10.2. The fourth-order valence-electron chi connectivity index (χ4n) is 3.45. The number of carbonyl (C=O) groups excluding carboxylic acids is 2. The molecule has 0 saturated heterocycles. The van der Waals surface area contributed by atoms with Crippen LogP contribution in [0.25, 0.3) is 0 Å². The summed E-state index contributed by atoms with van der Waals surface area (Å²) in [4.78, 5) is 27.4. The van der Waals surface area contributed by atoms with E-state index >= 15 is 0 Å². The first-order chi connectivity index (χ1) is 12.0. The molecule has 1 aromatic carbocycles. The van der Waals surface area contributed by atoms with Crippen LogP contribution in [0.15, 0.2) is 29.2 Å². The molecule has 6 heteroatoms. The molecule has 0 aromatic heterocycles. The molecule has 25 heavy (non-hydrogen) atoms. The van der Waals surface area contributed by atoms with E-state index in [9.17, 15) is 9.59 Å². The summed E-state index contributed by atoms with van der Waals surface area (Å²) in [7, 11) is 1.75. The molecule has 5 nitrogen and oxygen atoms in total. The molecule has 0 heterocycles. The zero-order valence-corrected chi connectivity index (χ0v) is 16.0. The van der Waals surface area contributed by atoms with Gasteiger partial charge in [0.05, 0.1) is 0 Å². The molecule has 1 unspecified atom stereocenters. The van der Waals surface area contributed by atoms with Gasteiger partial charge in [0.25, 0.3) is 0 Å². The lowest BCUT2D eigenvalue weighted by Gasteiger charge is -2.30. The zero-order valence-electron chi connectivity index (χ0n) is 15.2. The fraction of sp³-hybridized carbons (Fsp3) is 0.579. The van der Waals surface area contributed by atoms with E-state index in [4.69, 9.17) is 5.73 Å². The van der Waals surface area contributed by atoms with Crippen LogP contribution in [0.3, 0.4) is 0 Å². The van der Waals surface area contributed by atoms with Crippen LogP contribution in [0.1, 0.15) is 32.1 Å². The molecule has 1 aromatic rings. The van der Waals surface area contributed by atoms with Gasteiger partial charge in [-0.25, -0.2) is 0 Å². The molecule has 1 fully saturated rings. The number of thioether (sulfide) groups is 1. The molecule has 0 spiro atoms. The highest BCUT2D eigenvalue weighted by Crippen LogP contribution is 2.31. The fourth-order valence-corrected chi connectivity index (χ4v) is 3.86. The molecule has 0 aliphatic heterocycles. The third-order valence-electron chi connectivity index (χ3n) is 4.94. The van der Waals surface area contributed by atoms with E-state index in [1.54, 1.807) is 23.7 Å². The van der Waals surface area contributed by atoms with Crippen molar-refractivity contribution in [3.8, 4) is 0 Å². The van der Waals surface area contributed by atoms with Crippen molar-refractivity contribution in [3.05, 3.63) is 24.3 Å². The molecule has 138 valence electrons. The summed E-state index contributed by atoms with van der Waals surface area (Å²) in [6.07, 6.45) is 7.24. The van der Waals surface area contributed by atoms with Crippen LogP contribution in [0, 0.1) is 11.8 Å². The van der Waals surface area contributed by atoms with E-state index in [-0.39, 0.29) is 11.8 Å². The Morgan fingerprint density at radius 2 is 1.88 bits per heavy atom. The van der Waals surface area contributed by atoms with E-state index in [0.717, 1.165) is 31.4 Å². The summed E-state index contributed by atoms with van der Waals surface area (Å²) in [5.41, 5.74) is 6.57. The third kappa shape index (κ3) is 5.66. The van der Waals surface area contributed by atoms with Crippen molar-refractivity contribution in [1.82, 2.24) is 4.90 Å². The summed E-state index contributed by atoms with van der Waals surface area (Å²) >= 11 is 1.71. The first kappa shape index (κ1) is 19.6. The minimum absolute atomic E-state index is 0.105. The summed E-state index contributed by atoms with van der Waals surface area (Å²) in [6.45, 7) is 1.18. The number of nitrogens with two attached hydrogens (primary N) is 1. The van der Waals surface area contributed by atoms with Gasteiger partial charge in [0.15, 0.2) is 0 Å². The average molecular weight is 364 g/mol. The molecule has 2 amide bonds. The van der Waals surface area contributed by atoms with Gasteiger partial charge in [0.1, 0.15) is 5.92 Å². The van der Waals surface area contributed by atoms with Crippen LogP contribution in [0.5, 0.6) is 0 Å². The standard InChI is InChI=1S/C19H29N3O2S/c1-22(13-12-21-15-8-10-16(25-2)11-9-15)19(24)17(18(20)23)14-6-4-3-5-7-14/h8-11,14,17,21H,3-7,12-13H2,1-2H3,(H2,20,23). The van der Waals surface area contributed by atoms with Crippen molar-refractivity contribution in [2.24, 2.45) is 17.6 Å². The van der Waals surface area contributed by atoms with E-state index in [1.165, 1.54) is 11.3 Å². The predicted molar refractivity (Wildman–Crippen MR) is 104 cm³/mol. The topological polar surface area (TPSA) is 75.4 Å². The minimum atomic E-state index is -0.675. The Kier molecular flexibility index (Phi) is 7.62. The first-order valence-electron chi connectivity index (χ1n) is 8.95. The number of rotatable bonds is 8. The highest BCUT2D eigenvalue weighted by molar-refractivity contribution is 7.98. The van der Waals surface area contributed by atoms with Crippen LogP contribution in [-0.2, 0) is 9.59 Å². The highest BCUT2D eigenvalue weighted by Gasteiger charge is 2.35. The Labute approximate surface area is 154 Å². The lowest BCUT2D eigenvalue weighted by molar-refractivity contribution is -0.142. The number of carbonyl (C=O) groups is 2. The lowest BCUT2D eigenvalue weighted by atomic mass is 9.79. The summed E-state index contributed by atoms with van der Waals surface area (Å²) in [5.74, 6) is -1.19. The van der Waals surface area contributed by atoms with Crippen molar-refractivity contribution in [1.29, 1.82) is 0 Å². The lowest BCUT2D eigenvalue weighted by Crippen LogP contribution is -2.45. The number of nitrogens with zero attached hydrogens (tertiary/aromatic N) is 1. The monoisotopic (exact) mass is 363 g/mol. The maximum atomic E-state index is 12.7. The van der Waals surface area contributed by atoms with Gasteiger partial charge < -0.3 is 16.0 Å². The van der Waals surface area contributed by atoms with Gasteiger partial charge in [-0.2, -0.15) is 0 Å². The van der Waals surface area contributed by atoms with Gasteiger partial charge in [-0.1, -0.05) is 19.3 Å². The Morgan fingerprint density at radius 3 is 2.44 bits per heavy atom. The summed E-state index contributed by atoms with van der Waals surface area (Å²) in [6, 6.07) is 8.19. The second-order valence-electron chi connectivity index (χ2n) is 6.69. The maximum Gasteiger partial charge on any atom is 0.235 e. The van der Waals surface area contributed by atoms with Crippen molar-refractivity contribution in [3.63, 3.8) is 0 Å². The summed E-state index contributed by atoms with van der Waals surface area (Å²) < 4.78 is 0. The molecular formula is C19H29N3O2S. The highest BCUT2D eigenvalue weighted by atomic mass is 32.2. The number of likely N-dealkylation sites (N-methyl/N-ethyl adjacent to an activating group) is 1. The van der Waals surface area contributed by atoms with Crippen LogP contribution in [0.2, 0.25) is 0 Å². The summed E-state index contributed by atoms with van der Waals surface area (Å²) in [5, 5.41) is 3.31. The van der Waals surface area contributed by atoms with Gasteiger partial charge >= 0.3 is 0 Å². The molecule has 0 radical (unpaired) electrons. The minimum Gasteiger partial charge on any atom is -0.383 e. The smallest absolute Gasteiger partial charge is 0.235 e. The molecular weight excluding hydrogens is 334 g/mol. The number of benzene rings is 1. The number of hydrogen-bond acceptors (Lipinski definition) is 4. The number of anilines is 1.